The van der Waals surface area contributed by atoms with E-state index in [0.29, 0.717) is 6.04 Å². The SMILES string of the molecule is Cc1cc(CO)ccc1N1CC2CCCN2CC1C. The van der Waals surface area contributed by atoms with Gasteiger partial charge < -0.3 is 10.0 Å². The summed E-state index contributed by atoms with van der Waals surface area (Å²) in [6.07, 6.45) is 2.70. The lowest BCUT2D eigenvalue weighted by molar-refractivity contribution is 0.203. The predicted octanol–water partition coefficient (Wildman–Crippen LogP) is 2.16. The molecule has 2 heterocycles. The number of fused-ring (bicyclic) bond motifs is 1. The van der Waals surface area contributed by atoms with E-state index in [2.05, 4.69) is 41.8 Å². The van der Waals surface area contributed by atoms with Crippen LogP contribution in [0, 0.1) is 6.92 Å². The Hall–Kier alpha value is -1.06. The number of anilines is 1. The summed E-state index contributed by atoms with van der Waals surface area (Å²) in [4.78, 5) is 5.21. The maximum Gasteiger partial charge on any atom is 0.0681 e. The first-order chi connectivity index (χ1) is 9.19. The highest BCUT2D eigenvalue weighted by Gasteiger charge is 2.34. The molecular formula is C16H24N2O. The van der Waals surface area contributed by atoms with Crippen molar-refractivity contribution in [3.63, 3.8) is 0 Å². The highest BCUT2D eigenvalue weighted by atomic mass is 16.3. The predicted molar refractivity (Wildman–Crippen MR) is 78.5 cm³/mol. The van der Waals surface area contributed by atoms with Gasteiger partial charge >= 0.3 is 0 Å². The maximum absolute atomic E-state index is 9.22. The molecule has 1 aromatic rings. The lowest BCUT2D eigenvalue weighted by atomic mass is 10.0. The van der Waals surface area contributed by atoms with Gasteiger partial charge in [-0.05, 0) is 50.4 Å². The lowest BCUT2D eigenvalue weighted by Gasteiger charge is -2.44. The van der Waals surface area contributed by atoms with Crippen molar-refractivity contribution in [3.05, 3.63) is 29.3 Å². The molecule has 1 aromatic carbocycles. The number of aliphatic hydroxyl groups excluding tert-OH is 1. The van der Waals surface area contributed by atoms with Gasteiger partial charge in [0.25, 0.3) is 0 Å². The average molecular weight is 260 g/mol. The van der Waals surface area contributed by atoms with Crippen LogP contribution in [0.4, 0.5) is 5.69 Å². The Morgan fingerprint density at radius 2 is 2.16 bits per heavy atom. The van der Waals surface area contributed by atoms with Crippen molar-refractivity contribution in [1.82, 2.24) is 4.90 Å². The molecule has 2 fully saturated rings. The molecule has 0 radical (unpaired) electrons. The molecule has 19 heavy (non-hydrogen) atoms. The fraction of sp³-hybridized carbons (Fsp3) is 0.625. The van der Waals surface area contributed by atoms with Crippen LogP contribution in [0.15, 0.2) is 18.2 Å². The van der Waals surface area contributed by atoms with E-state index < -0.39 is 0 Å². The van der Waals surface area contributed by atoms with E-state index in [1.807, 2.05) is 0 Å². The van der Waals surface area contributed by atoms with E-state index in [4.69, 9.17) is 0 Å². The van der Waals surface area contributed by atoms with E-state index in [-0.39, 0.29) is 6.61 Å². The molecule has 0 amide bonds. The van der Waals surface area contributed by atoms with Crippen LogP contribution in [0.1, 0.15) is 30.9 Å². The zero-order valence-corrected chi connectivity index (χ0v) is 12.0. The van der Waals surface area contributed by atoms with Gasteiger partial charge in [0.05, 0.1) is 6.61 Å². The van der Waals surface area contributed by atoms with E-state index in [0.717, 1.165) is 18.2 Å². The van der Waals surface area contributed by atoms with Crippen molar-refractivity contribution >= 4 is 5.69 Å². The third-order valence-corrected chi connectivity index (χ3v) is 4.69. The van der Waals surface area contributed by atoms with Gasteiger partial charge in [-0.2, -0.15) is 0 Å². The van der Waals surface area contributed by atoms with Gasteiger partial charge in [0.2, 0.25) is 0 Å². The number of hydrogen-bond donors (Lipinski definition) is 1. The fourth-order valence-electron chi connectivity index (χ4n) is 3.66. The molecule has 0 saturated carbocycles. The lowest BCUT2D eigenvalue weighted by Crippen LogP contribution is -2.55. The van der Waals surface area contributed by atoms with Gasteiger partial charge in [-0.1, -0.05) is 12.1 Å². The summed E-state index contributed by atoms with van der Waals surface area (Å²) in [6, 6.07) is 7.67. The average Bonchev–Trinajstić information content (AvgIpc) is 2.85. The number of rotatable bonds is 2. The minimum atomic E-state index is 0.132. The quantitative estimate of drug-likeness (QED) is 0.883. The Morgan fingerprint density at radius 1 is 1.32 bits per heavy atom. The highest BCUT2D eigenvalue weighted by Crippen LogP contribution is 2.30. The molecule has 1 N–H and O–H groups in total. The number of benzene rings is 1. The molecule has 0 aliphatic carbocycles. The van der Waals surface area contributed by atoms with Crippen LogP contribution < -0.4 is 4.90 Å². The molecule has 3 rings (SSSR count). The molecule has 0 bridgehead atoms. The summed E-state index contributed by atoms with van der Waals surface area (Å²) in [6.45, 7) is 8.24. The Balaban J connectivity index is 1.84. The maximum atomic E-state index is 9.22. The van der Waals surface area contributed by atoms with Crippen molar-refractivity contribution in [2.45, 2.75) is 45.4 Å². The molecular weight excluding hydrogens is 236 g/mol. The molecule has 2 aliphatic rings. The number of aliphatic hydroxyl groups is 1. The first-order valence-electron chi connectivity index (χ1n) is 7.40. The summed E-state index contributed by atoms with van der Waals surface area (Å²) < 4.78 is 0. The van der Waals surface area contributed by atoms with Crippen LogP contribution >= 0.6 is 0 Å². The minimum absolute atomic E-state index is 0.132. The van der Waals surface area contributed by atoms with E-state index in [9.17, 15) is 5.11 Å². The minimum Gasteiger partial charge on any atom is -0.392 e. The zero-order valence-electron chi connectivity index (χ0n) is 12.0. The van der Waals surface area contributed by atoms with Crippen LogP contribution in [0.2, 0.25) is 0 Å². The number of hydrogen-bond acceptors (Lipinski definition) is 3. The van der Waals surface area contributed by atoms with Crippen molar-refractivity contribution in [1.29, 1.82) is 0 Å². The zero-order chi connectivity index (χ0) is 13.4. The summed E-state index contributed by atoms with van der Waals surface area (Å²) >= 11 is 0. The number of nitrogens with zero attached hydrogens (tertiary/aromatic N) is 2. The second kappa shape index (κ2) is 5.14. The Bertz CT molecular complexity index is 460. The second-order valence-electron chi connectivity index (χ2n) is 6.07. The number of aryl methyl sites for hydroxylation is 1. The topological polar surface area (TPSA) is 26.7 Å². The van der Waals surface area contributed by atoms with E-state index in [1.165, 1.54) is 37.2 Å². The van der Waals surface area contributed by atoms with E-state index >= 15 is 0 Å². The molecule has 2 atom stereocenters. The van der Waals surface area contributed by atoms with Crippen molar-refractivity contribution < 1.29 is 5.11 Å². The van der Waals surface area contributed by atoms with Crippen LogP contribution in [0.5, 0.6) is 0 Å². The standard InChI is InChI=1S/C16H24N2O/c1-12-8-14(11-19)5-6-16(12)18-10-15-4-3-7-17(15)9-13(18)2/h5-6,8,13,15,19H,3-4,7,9-11H2,1-2H3. The van der Waals surface area contributed by atoms with Crippen molar-refractivity contribution in [2.24, 2.45) is 0 Å². The van der Waals surface area contributed by atoms with Gasteiger partial charge in [-0.25, -0.2) is 0 Å². The third-order valence-electron chi connectivity index (χ3n) is 4.69. The fourth-order valence-corrected chi connectivity index (χ4v) is 3.66. The Morgan fingerprint density at radius 3 is 2.89 bits per heavy atom. The smallest absolute Gasteiger partial charge is 0.0681 e. The molecule has 2 aliphatic heterocycles. The van der Waals surface area contributed by atoms with E-state index in [1.54, 1.807) is 0 Å². The summed E-state index contributed by atoms with van der Waals surface area (Å²) in [7, 11) is 0. The van der Waals surface area contributed by atoms with Crippen LogP contribution in [0.3, 0.4) is 0 Å². The first kappa shape index (κ1) is 12.9. The molecule has 0 aromatic heterocycles. The normalized spacial score (nSPS) is 27.6. The van der Waals surface area contributed by atoms with Gasteiger partial charge in [-0.3, -0.25) is 4.90 Å². The van der Waals surface area contributed by atoms with Gasteiger partial charge in [0.15, 0.2) is 0 Å². The summed E-state index contributed by atoms with van der Waals surface area (Å²) in [5.41, 5.74) is 3.63. The van der Waals surface area contributed by atoms with Gasteiger partial charge in [0.1, 0.15) is 0 Å². The molecule has 0 spiro atoms. The molecule has 3 heteroatoms. The van der Waals surface area contributed by atoms with Crippen molar-refractivity contribution in [2.75, 3.05) is 24.5 Å². The Kier molecular flexibility index (Phi) is 3.50. The Labute approximate surface area is 115 Å². The van der Waals surface area contributed by atoms with Gasteiger partial charge in [-0.15, -0.1) is 0 Å². The monoisotopic (exact) mass is 260 g/mol. The third kappa shape index (κ3) is 2.37. The highest BCUT2D eigenvalue weighted by molar-refractivity contribution is 5.55. The molecule has 104 valence electrons. The van der Waals surface area contributed by atoms with Crippen molar-refractivity contribution in [3.8, 4) is 0 Å². The van der Waals surface area contributed by atoms with Gasteiger partial charge in [0, 0.05) is 30.9 Å². The largest absolute Gasteiger partial charge is 0.392 e. The summed E-state index contributed by atoms with van der Waals surface area (Å²) in [5.74, 6) is 0. The molecule has 3 nitrogen and oxygen atoms in total. The number of piperazine rings is 1. The summed E-state index contributed by atoms with van der Waals surface area (Å²) in [5, 5.41) is 9.22. The molecule has 2 unspecified atom stereocenters. The van der Waals surface area contributed by atoms with Crippen LogP contribution in [0.25, 0.3) is 0 Å². The van der Waals surface area contributed by atoms with Crippen LogP contribution in [-0.2, 0) is 6.61 Å². The van der Waals surface area contributed by atoms with Crippen LogP contribution in [-0.4, -0.2) is 41.7 Å². The first-order valence-corrected chi connectivity index (χ1v) is 7.40. The molecule has 2 saturated heterocycles. The second-order valence-corrected chi connectivity index (χ2v) is 6.07.